The molecule has 3 unspecified atom stereocenters. The zero-order valence-corrected chi connectivity index (χ0v) is 13.5. The molecule has 1 aliphatic heterocycles. The van der Waals surface area contributed by atoms with Gasteiger partial charge in [0.2, 0.25) is 5.91 Å². The number of hydrogen-bond donors (Lipinski definition) is 1. The van der Waals surface area contributed by atoms with Crippen LogP contribution in [0.1, 0.15) is 26.7 Å². The van der Waals surface area contributed by atoms with Crippen molar-refractivity contribution in [3.63, 3.8) is 0 Å². The van der Waals surface area contributed by atoms with Crippen molar-refractivity contribution in [1.82, 2.24) is 4.90 Å². The van der Waals surface area contributed by atoms with Gasteiger partial charge in [-0.05, 0) is 43.9 Å². The van der Waals surface area contributed by atoms with Crippen LogP contribution in [0, 0.1) is 5.92 Å². The van der Waals surface area contributed by atoms with Gasteiger partial charge in [-0.15, -0.1) is 0 Å². The molecule has 120 valence electrons. The molecule has 1 aliphatic rings. The molecule has 0 bridgehead atoms. The Balaban J connectivity index is 2.07. The summed E-state index contributed by atoms with van der Waals surface area (Å²) >= 11 is 5.90. The van der Waals surface area contributed by atoms with Gasteiger partial charge in [0.25, 0.3) is 5.91 Å². The number of piperidine rings is 1. The van der Waals surface area contributed by atoms with Gasteiger partial charge in [-0.3, -0.25) is 9.59 Å². The molecular formula is C16H21ClN2O3. The molecule has 0 aromatic heterocycles. The molecule has 1 fully saturated rings. The van der Waals surface area contributed by atoms with Gasteiger partial charge in [-0.1, -0.05) is 24.6 Å². The standard InChI is InChI=1S/C16H21ClN2O3/c1-10-6-7-19(14(8-10)15(18)20)16(21)11(2)22-13-5-3-4-12(17)9-13/h3-5,9-11,14H,6-8H2,1-2H3,(H2,18,20). The maximum absolute atomic E-state index is 12.6. The maximum atomic E-state index is 12.6. The van der Waals surface area contributed by atoms with E-state index < -0.39 is 18.1 Å². The molecule has 0 radical (unpaired) electrons. The summed E-state index contributed by atoms with van der Waals surface area (Å²) in [6.45, 7) is 4.25. The lowest BCUT2D eigenvalue weighted by molar-refractivity contribution is -0.147. The molecule has 1 aromatic carbocycles. The Morgan fingerprint density at radius 2 is 2.18 bits per heavy atom. The predicted molar refractivity (Wildman–Crippen MR) is 84.6 cm³/mol. The van der Waals surface area contributed by atoms with E-state index in [1.807, 2.05) is 0 Å². The molecule has 0 aliphatic carbocycles. The molecule has 2 amide bonds. The first kappa shape index (κ1) is 16.6. The summed E-state index contributed by atoms with van der Waals surface area (Å²) in [4.78, 5) is 25.7. The summed E-state index contributed by atoms with van der Waals surface area (Å²) in [5.74, 6) is 0.214. The van der Waals surface area contributed by atoms with E-state index in [1.165, 1.54) is 4.90 Å². The van der Waals surface area contributed by atoms with E-state index in [-0.39, 0.29) is 5.91 Å². The largest absolute Gasteiger partial charge is 0.481 e. The Kier molecular flexibility index (Phi) is 5.29. The minimum Gasteiger partial charge on any atom is -0.481 e. The summed E-state index contributed by atoms with van der Waals surface area (Å²) in [7, 11) is 0. The first-order chi connectivity index (χ1) is 10.4. The van der Waals surface area contributed by atoms with Crippen molar-refractivity contribution >= 4 is 23.4 Å². The predicted octanol–water partition coefficient (Wildman–Crippen LogP) is 2.22. The number of nitrogens with two attached hydrogens (primary N) is 1. The van der Waals surface area contributed by atoms with Crippen LogP contribution in [-0.2, 0) is 9.59 Å². The molecule has 3 atom stereocenters. The lowest BCUT2D eigenvalue weighted by Crippen LogP contribution is -2.55. The number of nitrogens with zero attached hydrogens (tertiary/aromatic N) is 1. The Hall–Kier alpha value is -1.75. The summed E-state index contributed by atoms with van der Waals surface area (Å²) in [6, 6.07) is 6.32. The number of primary amides is 1. The summed E-state index contributed by atoms with van der Waals surface area (Å²) in [5.41, 5.74) is 5.44. The Labute approximate surface area is 135 Å². The summed E-state index contributed by atoms with van der Waals surface area (Å²) < 4.78 is 5.64. The molecule has 1 heterocycles. The van der Waals surface area contributed by atoms with Crippen LogP contribution in [0.3, 0.4) is 0 Å². The zero-order chi connectivity index (χ0) is 16.3. The quantitative estimate of drug-likeness (QED) is 0.923. The minimum atomic E-state index is -0.700. The molecule has 0 saturated carbocycles. The van der Waals surface area contributed by atoms with Crippen LogP contribution in [-0.4, -0.2) is 35.4 Å². The fraction of sp³-hybridized carbons (Fsp3) is 0.500. The second kappa shape index (κ2) is 7.01. The van der Waals surface area contributed by atoms with E-state index in [1.54, 1.807) is 31.2 Å². The molecule has 1 saturated heterocycles. The lowest BCUT2D eigenvalue weighted by Gasteiger charge is -2.37. The number of halogens is 1. The molecule has 1 aromatic rings. The number of amides is 2. The SMILES string of the molecule is CC1CCN(C(=O)C(C)Oc2cccc(Cl)c2)C(C(N)=O)C1. The fourth-order valence-electron chi connectivity index (χ4n) is 2.70. The fourth-order valence-corrected chi connectivity index (χ4v) is 2.88. The van der Waals surface area contributed by atoms with Gasteiger partial charge in [0.05, 0.1) is 0 Å². The van der Waals surface area contributed by atoms with Gasteiger partial charge in [0.15, 0.2) is 6.10 Å². The first-order valence-electron chi connectivity index (χ1n) is 7.40. The Morgan fingerprint density at radius 3 is 2.82 bits per heavy atom. The zero-order valence-electron chi connectivity index (χ0n) is 12.8. The van der Waals surface area contributed by atoms with Crippen molar-refractivity contribution in [3.8, 4) is 5.75 Å². The average molecular weight is 325 g/mol. The highest BCUT2D eigenvalue weighted by Gasteiger charge is 2.35. The topological polar surface area (TPSA) is 72.6 Å². The van der Waals surface area contributed by atoms with Gasteiger partial charge >= 0.3 is 0 Å². The third-order valence-electron chi connectivity index (χ3n) is 3.93. The number of benzene rings is 1. The van der Waals surface area contributed by atoms with E-state index in [9.17, 15) is 9.59 Å². The number of ether oxygens (including phenoxy) is 1. The van der Waals surface area contributed by atoms with Crippen LogP contribution in [0.2, 0.25) is 5.02 Å². The molecule has 5 nitrogen and oxygen atoms in total. The van der Waals surface area contributed by atoms with Crippen molar-refractivity contribution in [3.05, 3.63) is 29.3 Å². The Bertz CT molecular complexity index is 564. The smallest absolute Gasteiger partial charge is 0.264 e. The molecule has 0 spiro atoms. The molecular weight excluding hydrogens is 304 g/mol. The van der Waals surface area contributed by atoms with Crippen LogP contribution < -0.4 is 10.5 Å². The van der Waals surface area contributed by atoms with E-state index in [0.29, 0.717) is 29.7 Å². The molecule has 2 rings (SSSR count). The van der Waals surface area contributed by atoms with Crippen molar-refractivity contribution < 1.29 is 14.3 Å². The van der Waals surface area contributed by atoms with E-state index in [0.717, 1.165) is 6.42 Å². The highest BCUT2D eigenvalue weighted by atomic mass is 35.5. The minimum absolute atomic E-state index is 0.226. The number of carbonyl (C=O) groups excluding carboxylic acids is 2. The van der Waals surface area contributed by atoms with Gasteiger partial charge in [0, 0.05) is 11.6 Å². The Morgan fingerprint density at radius 1 is 1.45 bits per heavy atom. The van der Waals surface area contributed by atoms with Crippen molar-refractivity contribution in [2.45, 2.75) is 38.8 Å². The van der Waals surface area contributed by atoms with Crippen LogP contribution in [0.4, 0.5) is 0 Å². The van der Waals surface area contributed by atoms with Gasteiger partial charge in [-0.25, -0.2) is 0 Å². The number of rotatable bonds is 4. The summed E-state index contributed by atoms with van der Waals surface area (Å²) in [5, 5.41) is 0.541. The first-order valence-corrected chi connectivity index (χ1v) is 7.78. The molecule has 22 heavy (non-hydrogen) atoms. The van der Waals surface area contributed by atoms with Crippen molar-refractivity contribution in [2.24, 2.45) is 11.7 Å². The van der Waals surface area contributed by atoms with Crippen molar-refractivity contribution in [1.29, 1.82) is 0 Å². The van der Waals surface area contributed by atoms with Crippen LogP contribution >= 0.6 is 11.6 Å². The third kappa shape index (κ3) is 3.91. The van der Waals surface area contributed by atoms with E-state index in [2.05, 4.69) is 6.92 Å². The van der Waals surface area contributed by atoms with Crippen LogP contribution in [0.25, 0.3) is 0 Å². The normalized spacial score (nSPS) is 23.0. The molecule has 2 N–H and O–H groups in total. The lowest BCUT2D eigenvalue weighted by atomic mass is 9.91. The highest BCUT2D eigenvalue weighted by molar-refractivity contribution is 6.30. The van der Waals surface area contributed by atoms with Crippen molar-refractivity contribution in [2.75, 3.05) is 6.54 Å². The molecule has 6 heteroatoms. The number of hydrogen-bond acceptors (Lipinski definition) is 3. The number of carbonyl (C=O) groups is 2. The third-order valence-corrected chi connectivity index (χ3v) is 4.17. The van der Waals surface area contributed by atoms with Gasteiger partial charge < -0.3 is 15.4 Å². The van der Waals surface area contributed by atoms with Crippen LogP contribution in [0.5, 0.6) is 5.75 Å². The van der Waals surface area contributed by atoms with Gasteiger partial charge in [-0.2, -0.15) is 0 Å². The summed E-state index contributed by atoms with van der Waals surface area (Å²) in [6.07, 6.45) is 0.762. The number of likely N-dealkylation sites (tertiary alicyclic amines) is 1. The van der Waals surface area contributed by atoms with E-state index >= 15 is 0 Å². The van der Waals surface area contributed by atoms with E-state index in [4.69, 9.17) is 22.1 Å². The monoisotopic (exact) mass is 324 g/mol. The second-order valence-electron chi connectivity index (χ2n) is 5.80. The average Bonchev–Trinajstić information content (AvgIpc) is 2.46. The maximum Gasteiger partial charge on any atom is 0.264 e. The van der Waals surface area contributed by atoms with Gasteiger partial charge in [0.1, 0.15) is 11.8 Å². The van der Waals surface area contributed by atoms with Crippen LogP contribution in [0.15, 0.2) is 24.3 Å². The highest BCUT2D eigenvalue weighted by Crippen LogP contribution is 2.24. The second-order valence-corrected chi connectivity index (χ2v) is 6.23.